The van der Waals surface area contributed by atoms with Crippen LogP contribution >= 0.6 is 12.2 Å². The van der Waals surface area contributed by atoms with Gasteiger partial charge < -0.3 is 9.55 Å². The molecule has 0 amide bonds. The van der Waals surface area contributed by atoms with Gasteiger partial charge in [-0.3, -0.25) is 0 Å². The summed E-state index contributed by atoms with van der Waals surface area (Å²) in [4.78, 5) is 3.02. The summed E-state index contributed by atoms with van der Waals surface area (Å²) < 4.78 is 15.5. The van der Waals surface area contributed by atoms with Crippen LogP contribution in [-0.4, -0.2) is 9.55 Å². The standard InChI is InChI=1S/C12H13FN2S/c1-2-11-7-14-12(16)15(11)8-9-3-5-10(13)6-4-9/h3-7H,2,8H2,1H3,(H,14,16). The van der Waals surface area contributed by atoms with Gasteiger partial charge in [-0.2, -0.15) is 0 Å². The summed E-state index contributed by atoms with van der Waals surface area (Å²) in [7, 11) is 0. The first-order chi connectivity index (χ1) is 7.70. The minimum Gasteiger partial charge on any atom is -0.337 e. The van der Waals surface area contributed by atoms with Crippen LogP contribution in [0.15, 0.2) is 30.5 Å². The number of aromatic nitrogens is 2. The highest BCUT2D eigenvalue weighted by atomic mass is 32.1. The third-order valence-corrected chi connectivity index (χ3v) is 2.91. The molecule has 1 heterocycles. The zero-order chi connectivity index (χ0) is 11.5. The summed E-state index contributed by atoms with van der Waals surface area (Å²) in [5.74, 6) is -0.211. The van der Waals surface area contributed by atoms with Gasteiger partial charge in [-0.05, 0) is 36.3 Å². The van der Waals surface area contributed by atoms with Crippen LogP contribution in [0.4, 0.5) is 4.39 Å². The Morgan fingerprint density at radius 3 is 2.62 bits per heavy atom. The van der Waals surface area contributed by atoms with Gasteiger partial charge in [-0.15, -0.1) is 0 Å². The lowest BCUT2D eigenvalue weighted by molar-refractivity contribution is 0.626. The predicted octanol–water partition coefficient (Wildman–Crippen LogP) is 3.30. The van der Waals surface area contributed by atoms with Gasteiger partial charge in [0, 0.05) is 11.9 Å². The van der Waals surface area contributed by atoms with Gasteiger partial charge in [0.05, 0.1) is 6.54 Å². The molecule has 4 heteroatoms. The van der Waals surface area contributed by atoms with Crippen molar-refractivity contribution in [3.05, 3.63) is 52.3 Å². The van der Waals surface area contributed by atoms with Crippen LogP contribution in [0.3, 0.4) is 0 Å². The minimum atomic E-state index is -0.211. The second-order valence-corrected chi connectivity index (χ2v) is 4.04. The minimum absolute atomic E-state index is 0.211. The molecule has 2 rings (SSSR count). The summed E-state index contributed by atoms with van der Waals surface area (Å²) in [5, 5.41) is 0. The Morgan fingerprint density at radius 1 is 1.31 bits per heavy atom. The van der Waals surface area contributed by atoms with E-state index < -0.39 is 0 Å². The maximum absolute atomic E-state index is 12.8. The van der Waals surface area contributed by atoms with Crippen LogP contribution < -0.4 is 0 Å². The third-order valence-electron chi connectivity index (χ3n) is 2.57. The third kappa shape index (κ3) is 2.22. The van der Waals surface area contributed by atoms with Crippen LogP contribution in [0, 0.1) is 10.6 Å². The Kier molecular flexibility index (Phi) is 3.19. The maximum atomic E-state index is 12.8. The van der Waals surface area contributed by atoms with Crippen molar-refractivity contribution < 1.29 is 4.39 Å². The number of hydrogen-bond acceptors (Lipinski definition) is 1. The van der Waals surface area contributed by atoms with Crippen LogP contribution in [0.5, 0.6) is 0 Å². The molecule has 0 saturated carbocycles. The van der Waals surface area contributed by atoms with Gasteiger partial charge >= 0.3 is 0 Å². The van der Waals surface area contributed by atoms with Crippen LogP contribution in [-0.2, 0) is 13.0 Å². The van der Waals surface area contributed by atoms with E-state index in [0.717, 1.165) is 17.7 Å². The zero-order valence-electron chi connectivity index (χ0n) is 9.03. The van der Waals surface area contributed by atoms with E-state index in [-0.39, 0.29) is 5.82 Å². The summed E-state index contributed by atoms with van der Waals surface area (Å²) in [5.41, 5.74) is 2.21. The Morgan fingerprint density at radius 2 is 2.00 bits per heavy atom. The molecular weight excluding hydrogens is 223 g/mol. The van der Waals surface area contributed by atoms with Crippen molar-refractivity contribution in [2.75, 3.05) is 0 Å². The quantitative estimate of drug-likeness (QED) is 0.811. The fraction of sp³-hybridized carbons (Fsp3) is 0.250. The first-order valence-electron chi connectivity index (χ1n) is 5.22. The molecule has 1 N–H and O–H groups in total. The van der Waals surface area contributed by atoms with E-state index in [4.69, 9.17) is 12.2 Å². The molecule has 1 aromatic heterocycles. The van der Waals surface area contributed by atoms with E-state index >= 15 is 0 Å². The number of nitrogens with zero attached hydrogens (tertiary/aromatic N) is 1. The molecule has 0 saturated heterocycles. The molecule has 0 unspecified atom stereocenters. The first kappa shape index (κ1) is 11.1. The van der Waals surface area contributed by atoms with E-state index in [9.17, 15) is 4.39 Å². The number of aromatic amines is 1. The van der Waals surface area contributed by atoms with E-state index in [2.05, 4.69) is 11.9 Å². The van der Waals surface area contributed by atoms with Gasteiger partial charge in [-0.1, -0.05) is 19.1 Å². The molecule has 0 bridgehead atoms. The van der Waals surface area contributed by atoms with Crippen molar-refractivity contribution in [2.45, 2.75) is 19.9 Å². The van der Waals surface area contributed by atoms with Gasteiger partial charge in [0.2, 0.25) is 0 Å². The lowest BCUT2D eigenvalue weighted by atomic mass is 10.2. The number of H-pyrrole nitrogens is 1. The number of rotatable bonds is 3. The summed E-state index contributed by atoms with van der Waals surface area (Å²) >= 11 is 5.20. The lowest BCUT2D eigenvalue weighted by Crippen LogP contribution is -2.03. The number of aryl methyl sites for hydroxylation is 1. The Balaban J connectivity index is 2.29. The zero-order valence-corrected chi connectivity index (χ0v) is 9.85. The van der Waals surface area contributed by atoms with Crippen molar-refractivity contribution in [3.8, 4) is 0 Å². The summed E-state index contributed by atoms with van der Waals surface area (Å²) in [6.45, 7) is 2.77. The molecule has 0 radical (unpaired) electrons. The Hall–Kier alpha value is -1.42. The molecule has 0 fully saturated rings. The number of benzene rings is 1. The SMILES string of the molecule is CCc1c[nH]c(=S)n1Cc1ccc(F)cc1. The summed E-state index contributed by atoms with van der Waals surface area (Å²) in [6.07, 6.45) is 2.85. The largest absolute Gasteiger partial charge is 0.337 e. The number of nitrogens with one attached hydrogen (secondary N) is 1. The van der Waals surface area contributed by atoms with Crippen molar-refractivity contribution in [1.82, 2.24) is 9.55 Å². The topological polar surface area (TPSA) is 20.7 Å². The lowest BCUT2D eigenvalue weighted by Gasteiger charge is -2.06. The Bertz CT molecular complexity index is 525. The van der Waals surface area contributed by atoms with E-state index in [0.29, 0.717) is 11.3 Å². The van der Waals surface area contributed by atoms with E-state index in [1.165, 1.54) is 12.1 Å². The second kappa shape index (κ2) is 4.61. The fourth-order valence-electron chi connectivity index (χ4n) is 1.67. The molecule has 84 valence electrons. The average molecular weight is 236 g/mol. The second-order valence-electron chi connectivity index (χ2n) is 3.65. The van der Waals surface area contributed by atoms with Gasteiger partial charge in [0.15, 0.2) is 4.77 Å². The van der Waals surface area contributed by atoms with Crippen molar-refractivity contribution in [3.63, 3.8) is 0 Å². The van der Waals surface area contributed by atoms with Crippen molar-refractivity contribution in [1.29, 1.82) is 0 Å². The van der Waals surface area contributed by atoms with Gasteiger partial charge in [-0.25, -0.2) is 4.39 Å². The number of halogens is 1. The molecule has 0 atom stereocenters. The summed E-state index contributed by atoms with van der Waals surface area (Å²) in [6, 6.07) is 6.50. The highest BCUT2D eigenvalue weighted by Gasteiger charge is 2.02. The molecule has 0 spiro atoms. The molecule has 2 nitrogen and oxygen atoms in total. The molecule has 2 aromatic rings. The van der Waals surface area contributed by atoms with Crippen LogP contribution in [0.1, 0.15) is 18.2 Å². The van der Waals surface area contributed by atoms with Crippen LogP contribution in [0.25, 0.3) is 0 Å². The number of imidazole rings is 1. The van der Waals surface area contributed by atoms with Gasteiger partial charge in [0.1, 0.15) is 5.82 Å². The molecule has 0 aliphatic carbocycles. The highest BCUT2D eigenvalue weighted by Crippen LogP contribution is 2.09. The number of hydrogen-bond donors (Lipinski definition) is 1. The first-order valence-corrected chi connectivity index (χ1v) is 5.63. The predicted molar refractivity (Wildman–Crippen MR) is 64.5 cm³/mol. The van der Waals surface area contributed by atoms with Crippen molar-refractivity contribution in [2.24, 2.45) is 0 Å². The average Bonchev–Trinajstić information content (AvgIpc) is 2.63. The molecule has 0 aliphatic heterocycles. The normalized spacial score (nSPS) is 10.6. The Labute approximate surface area is 98.7 Å². The van der Waals surface area contributed by atoms with E-state index in [1.807, 2.05) is 10.8 Å². The maximum Gasteiger partial charge on any atom is 0.177 e. The molecule has 1 aromatic carbocycles. The van der Waals surface area contributed by atoms with E-state index in [1.54, 1.807) is 12.1 Å². The molecule has 0 aliphatic rings. The van der Waals surface area contributed by atoms with Crippen LogP contribution in [0.2, 0.25) is 0 Å². The highest BCUT2D eigenvalue weighted by molar-refractivity contribution is 7.71. The van der Waals surface area contributed by atoms with Crippen molar-refractivity contribution >= 4 is 12.2 Å². The van der Waals surface area contributed by atoms with Gasteiger partial charge in [0.25, 0.3) is 0 Å². The smallest absolute Gasteiger partial charge is 0.177 e. The molecular formula is C12H13FN2S. The fourth-order valence-corrected chi connectivity index (χ4v) is 1.91. The molecule has 16 heavy (non-hydrogen) atoms. The monoisotopic (exact) mass is 236 g/mol.